The molecule has 4 heteroatoms. The molecule has 0 fully saturated rings. The number of ether oxygens (including phenoxy) is 1. The van der Waals surface area contributed by atoms with Crippen LogP contribution in [0, 0.1) is 0 Å². The molecule has 31 heavy (non-hydrogen) atoms. The van der Waals surface area contributed by atoms with Crippen LogP contribution in [0.1, 0.15) is 23.1 Å². The molecule has 2 aromatic carbocycles. The van der Waals surface area contributed by atoms with Crippen molar-refractivity contribution in [1.29, 1.82) is 0 Å². The summed E-state index contributed by atoms with van der Waals surface area (Å²) < 4.78 is 6.23. The van der Waals surface area contributed by atoms with Gasteiger partial charge in [0.25, 0.3) is 0 Å². The Kier molecular flexibility index (Phi) is 6.19. The van der Waals surface area contributed by atoms with E-state index in [1.807, 2.05) is 24.0 Å². The fourth-order valence-corrected chi connectivity index (χ4v) is 5.01. The topological polar surface area (TPSA) is 25.4 Å². The molecular weight excluding hydrogens is 400 g/mol. The number of nitrogens with zero attached hydrogens (tertiary/aromatic N) is 2. The molecule has 3 nitrogen and oxygen atoms in total. The maximum absolute atomic E-state index is 6.23. The first-order valence-corrected chi connectivity index (χ1v) is 11.8. The molecule has 0 spiro atoms. The van der Waals surface area contributed by atoms with Crippen molar-refractivity contribution < 1.29 is 4.74 Å². The number of thioether (sulfide) groups is 1. The van der Waals surface area contributed by atoms with E-state index >= 15 is 0 Å². The molecule has 1 aliphatic carbocycles. The van der Waals surface area contributed by atoms with Crippen molar-refractivity contribution >= 4 is 22.7 Å². The zero-order valence-corrected chi connectivity index (χ0v) is 18.4. The van der Waals surface area contributed by atoms with Gasteiger partial charge in [-0.25, -0.2) is 0 Å². The number of rotatable bonds is 6. The van der Waals surface area contributed by atoms with Crippen molar-refractivity contribution in [2.75, 3.05) is 13.3 Å². The Morgan fingerprint density at radius 3 is 2.94 bits per heavy atom. The van der Waals surface area contributed by atoms with Gasteiger partial charge in [0.2, 0.25) is 0 Å². The molecule has 0 bridgehead atoms. The molecule has 0 amide bonds. The number of hydrogen-bond acceptors (Lipinski definition) is 4. The van der Waals surface area contributed by atoms with Gasteiger partial charge in [-0.1, -0.05) is 60.7 Å². The van der Waals surface area contributed by atoms with Crippen molar-refractivity contribution in [2.45, 2.75) is 25.1 Å². The summed E-state index contributed by atoms with van der Waals surface area (Å²) >= 11 is 1.88. The maximum Gasteiger partial charge on any atom is 0.152 e. The zero-order valence-electron chi connectivity index (χ0n) is 17.5. The van der Waals surface area contributed by atoms with Gasteiger partial charge in [0, 0.05) is 40.9 Å². The zero-order chi connectivity index (χ0) is 20.9. The van der Waals surface area contributed by atoms with Gasteiger partial charge in [-0.2, -0.15) is 0 Å². The highest BCUT2D eigenvalue weighted by Gasteiger charge is 2.22. The molecule has 2 heterocycles. The lowest BCUT2D eigenvalue weighted by molar-refractivity contribution is 0.0980. The molecular formula is C27H26N2OS. The van der Waals surface area contributed by atoms with Crippen molar-refractivity contribution in [1.82, 2.24) is 9.88 Å². The monoisotopic (exact) mass is 426 g/mol. The van der Waals surface area contributed by atoms with E-state index in [-0.39, 0.29) is 0 Å². The van der Waals surface area contributed by atoms with Crippen molar-refractivity contribution in [3.05, 3.63) is 107 Å². The summed E-state index contributed by atoms with van der Waals surface area (Å²) in [7, 11) is 0. The van der Waals surface area contributed by atoms with Crippen molar-refractivity contribution in [3.63, 3.8) is 0 Å². The van der Waals surface area contributed by atoms with Crippen LogP contribution >= 0.6 is 11.8 Å². The fourth-order valence-electron chi connectivity index (χ4n) is 4.08. The highest BCUT2D eigenvalue weighted by molar-refractivity contribution is 8.02. The minimum atomic E-state index is 0.615. The van der Waals surface area contributed by atoms with E-state index in [0.717, 1.165) is 43.0 Å². The first-order valence-electron chi connectivity index (χ1n) is 10.8. The number of pyridine rings is 1. The van der Waals surface area contributed by atoms with E-state index in [1.165, 1.54) is 27.0 Å². The Labute approximate surface area is 188 Å². The molecule has 3 aromatic rings. The van der Waals surface area contributed by atoms with Crippen LogP contribution in [0.25, 0.3) is 10.9 Å². The second-order valence-electron chi connectivity index (χ2n) is 7.91. The van der Waals surface area contributed by atoms with Crippen molar-refractivity contribution in [2.24, 2.45) is 0 Å². The molecule has 1 aromatic heterocycles. The third-order valence-electron chi connectivity index (χ3n) is 5.70. The molecule has 0 atom stereocenters. The van der Waals surface area contributed by atoms with Crippen LogP contribution < -0.4 is 4.74 Å². The Morgan fingerprint density at radius 1 is 1.06 bits per heavy atom. The Bertz CT molecular complexity index is 1150. The fraction of sp³-hybridized carbons (Fsp3) is 0.222. The van der Waals surface area contributed by atoms with Crippen LogP contribution in [0.3, 0.4) is 0 Å². The van der Waals surface area contributed by atoms with Gasteiger partial charge in [0.1, 0.15) is 12.2 Å². The average Bonchev–Trinajstić information content (AvgIpc) is 3.10. The Hall–Kier alpha value is -2.82. The molecule has 0 radical (unpaired) electrons. The van der Waals surface area contributed by atoms with Crippen LogP contribution in [0.15, 0.2) is 90.0 Å². The van der Waals surface area contributed by atoms with Gasteiger partial charge >= 0.3 is 0 Å². The Morgan fingerprint density at radius 2 is 2.00 bits per heavy atom. The molecule has 0 saturated carbocycles. The molecule has 1 aliphatic heterocycles. The minimum Gasteiger partial charge on any atom is -0.475 e. The van der Waals surface area contributed by atoms with E-state index in [2.05, 4.69) is 77.7 Å². The lowest BCUT2D eigenvalue weighted by Crippen LogP contribution is -2.33. The smallest absolute Gasteiger partial charge is 0.152 e. The molecule has 0 saturated heterocycles. The number of fused-ring (bicyclic) bond motifs is 3. The summed E-state index contributed by atoms with van der Waals surface area (Å²) in [6.45, 7) is 2.50. The molecule has 0 unspecified atom stereocenters. The molecule has 5 rings (SSSR count). The van der Waals surface area contributed by atoms with Crippen LogP contribution in [0.5, 0.6) is 5.75 Å². The first kappa shape index (κ1) is 20.1. The van der Waals surface area contributed by atoms with E-state index in [9.17, 15) is 0 Å². The average molecular weight is 427 g/mol. The maximum atomic E-state index is 6.23. The Balaban J connectivity index is 1.37. The third-order valence-corrected chi connectivity index (χ3v) is 6.76. The summed E-state index contributed by atoms with van der Waals surface area (Å²) in [5.74, 6) is 1.88. The van der Waals surface area contributed by atoms with Gasteiger partial charge in [-0.05, 0) is 42.2 Å². The van der Waals surface area contributed by atoms with E-state index < -0.39 is 0 Å². The van der Waals surface area contributed by atoms with Gasteiger partial charge in [0.05, 0.1) is 0 Å². The number of hydrogen-bond donors (Lipinski definition) is 0. The van der Waals surface area contributed by atoms with Gasteiger partial charge in [0.15, 0.2) is 5.75 Å². The van der Waals surface area contributed by atoms with Crippen LogP contribution in [-0.4, -0.2) is 23.2 Å². The predicted molar refractivity (Wildman–Crippen MR) is 130 cm³/mol. The lowest BCUT2D eigenvalue weighted by atomic mass is 10.0. The first-order chi connectivity index (χ1) is 15.4. The number of aromatic nitrogens is 1. The highest BCUT2D eigenvalue weighted by atomic mass is 32.2. The summed E-state index contributed by atoms with van der Waals surface area (Å²) in [6.07, 6.45) is 14.9. The standard InChI is InChI=1S/C27H26N2OS/c1-2-7-12-24(11-6-1)31-19-23-17-22-18-29(16-14-21-9-4-3-5-10-21)20-30-27(22)26-25(23)13-8-15-28-26/h1,3-13,15,17H,2,14,16,18-20H2. The largest absolute Gasteiger partial charge is 0.475 e. The second-order valence-corrected chi connectivity index (χ2v) is 8.96. The van der Waals surface area contributed by atoms with Crippen LogP contribution in [0.4, 0.5) is 0 Å². The summed E-state index contributed by atoms with van der Waals surface area (Å²) in [6, 6.07) is 17.2. The van der Waals surface area contributed by atoms with Gasteiger partial charge in [-0.15, -0.1) is 11.8 Å². The summed E-state index contributed by atoms with van der Waals surface area (Å²) in [5.41, 5.74) is 4.92. The molecule has 156 valence electrons. The SMILES string of the molecule is C1=CCC=CC(SCc2cc3c(c4ncccc24)OCN(CCc2ccccc2)C3)=C1. The molecule has 0 N–H and O–H groups in total. The predicted octanol–water partition coefficient (Wildman–Crippen LogP) is 6.26. The minimum absolute atomic E-state index is 0.615. The van der Waals surface area contributed by atoms with E-state index in [0.29, 0.717) is 6.73 Å². The van der Waals surface area contributed by atoms with E-state index in [1.54, 1.807) is 0 Å². The summed E-state index contributed by atoms with van der Waals surface area (Å²) in [4.78, 5) is 8.36. The highest BCUT2D eigenvalue weighted by Crippen LogP contribution is 2.37. The van der Waals surface area contributed by atoms with E-state index in [4.69, 9.17) is 9.72 Å². The normalized spacial score (nSPS) is 15.9. The number of allylic oxidation sites excluding steroid dienone is 5. The van der Waals surface area contributed by atoms with Gasteiger partial charge < -0.3 is 4.74 Å². The van der Waals surface area contributed by atoms with Crippen LogP contribution in [-0.2, 0) is 18.7 Å². The molecule has 2 aliphatic rings. The van der Waals surface area contributed by atoms with Gasteiger partial charge in [-0.3, -0.25) is 9.88 Å². The quantitative estimate of drug-likeness (QED) is 0.464. The second kappa shape index (κ2) is 9.54. The number of benzene rings is 2. The summed E-state index contributed by atoms with van der Waals surface area (Å²) in [5, 5.41) is 1.19. The lowest BCUT2D eigenvalue weighted by Gasteiger charge is -2.30. The third kappa shape index (κ3) is 4.76. The van der Waals surface area contributed by atoms with Crippen molar-refractivity contribution in [3.8, 4) is 5.75 Å². The van der Waals surface area contributed by atoms with Crippen LogP contribution in [0.2, 0.25) is 0 Å².